The van der Waals surface area contributed by atoms with Crippen molar-refractivity contribution in [2.75, 3.05) is 6.54 Å². The van der Waals surface area contributed by atoms with Gasteiger partial charge in [0, 0.05) is 6.07 Å². The number of carbonyl (C=O) groups excluding carboxylic acids is 4. The van der Waals surface area contributed by atoms with Gasteiger partial charge in [0.15, 0.2) is 0 Å². The number of esters is 1. The summed E-state index contributed by atoms with van der Waals surface area (Å²) < 4.78 is 5.16. The number of rotatable bonds is 9. The smallest absolute Gasteiger partial charge is 0.325 e. The quantitative estimate of drug-likeness (QED) is 0.235. The Morgan fingerprint density at radius 3 is 2.51 bits per heavy atom. The van der Waals surface area contributed by atoms with E-state index in [1.165, 1.54) is 18.2 Å². The predicted octanol–water partition coefficient (Wildman–Crippen LogP) is 2.98. The second-order valence-corrected chi connectivity index (χ2v) is 9.43. The van der Waals surface area contributed by atoms with Gasteiger partial charge in [-0.3, -0.25) is 29.4 Å². The van der Waals surface area contributed by atoms with Gasteiger partial charge < -0.3 is 15.4 Å². The first-order valence-corrected chi connectivity index (χ1v) is 11.9. The first-order chi connectivity index (χ1) is 16.6. The molecule has 0 radical (unpaired) electrons. The highest BCUT2D eigenvalue weighted by Crippen LogP contribution is 2.37. The Morgan fingerprint density at radius 1 is 1.26 bits per heavy atom. The van der Waals surface area contributed by atoms with E-state index in [4.69, 9.17) is 4.74 Å². The van der Waals surface area contributed by atoms with E-state index in [0.29, 0.717) is 18.8 Å². The van der Waals surface area contributed by atoms with E-state index in [2.05, 4.69) is 17.6 Å². The van der Waals surface area contributed by atoms with Crippen molar-refractivity contribution in [3.8, 4) is 0 Å². The van der Waals surface area contributed by atoms with Gasteiger partial charge >= 0.3 is 12.0 Å². The molecule has 1 aliphatic heterocycles. The fourth-order valence-corrected chi connectivity index (χ4v) is 4.79. The zero-order chi connectivity index (χ0) is 25.8. The molecule has 0 aromatic heterocycles. The SMILES string of the molecule is CCC1CCC2(CC1)NC(=O)N(CC(=O)NC(CC(=O)OC(C)C)c1ccccc1[N+](=O)[O-])C2=O. The van der Waals surface area contributed by atoms with E-state index in [-0.39, 0.29) is 17.7 Å². The number of nitrogens with one attached hydrogen (secondary N) is 2. The molecule has 190 valence electrons. The van der Waals surface area contributed by atoms with Crippen LogP contribution in [0.15, 0.2) is 24.3 Å². The molecular weight excluding hydrogens is 456 g/mol. The van der Waals surface area contributed by atoms with Crippen LogP contribution in [0, 0.1) is 16.0 Å². The van der Waals surface area contributed by atoms with Crippen LogP contribution in [0.5, 0.6) is 0 Å². The highest BCUT2D eigenvalue weighted by Gasteiger charge is 2.52. The van der Waals surface area contributed by atoms with E-state index < -0.39 is 53.0 Å². The zero-order valence-electron chi connectivity index (χ0n) is 20.2. The Labute approximate surface area is 203 Å². The van der Waals surface area contributed by atoms with Gasteiger partial charge in [0.25, 0.3) is 11.6 Å². The third-order valence-corrected chi connectivity index (χ3v) is 6.67. The lowest BCUT2D eigenvalue weighted by Crippen LogP contribution is -2.50. The standard InChI is InChI=1S/C24H32N4O7/c1-4-16-9-11-24(12-10-16)22(31)27(23(32)26-24)14-20(29)25-18(13-21(30)35-15(2)3)17-7-5-6-8-19(17)28(33)34/h5-8,15-16,18H,4,9-14H2,1-3H3,(H,25,29)(H,26,32). The summed E-state index contributed by atoms with van der Waals surface area (Å²) in [6, 6.07) is 4.04. The van der Waals surface area contributed by atoms with Gasteiger partial charge in [0.2, 0.25) is 5.91 Å². The maximum absolute atomic E-state index is 13.1. The average molecular weight is 489 g/mol. The number of carbonyl (C=O) groups is 4. The summed E-state index contributed by atoms with van der Waals surface area (Å²) in [7, 11) is 0. The van der Waals surface area contributed by atoms with E-state index >= 15 is 0 Å². The van der Waals surface area contributed by atoms with Crippen LogP contribution in [0.2, 0.25) is 0 Å². The number of nitrogens with zero attached hydrogens (tertiary/aromatic N) is 2. The van der Waals surface area contributed by atoms with Crippen molar-refractivity contribution < 1.29 is 28.8 Å². The van der Waals surface area contributed by atoms with Crippen molar-refractivity contribution in [1.29, 1.82) is 0 Å². The number of ether oxygens (including phenoxy) is 1. The molecule has 1 saturated carbocycles. The molecule has 2 aliphatic rings. The Morgan fingerprint density at radius 2 is 1.91 bits per heavy atom. The normalized spacial score (nSPS) is 22.7. The van der Waals surface area contributed by atoms with Gasteiger partial charge in [0.1, 0.15) is 12.1 Å². The number of amides is 4. The Balaban J connectivity index is 1.75. The second-order valence-electron chi connectivity index (χ2n) is 9.43. The summed E-state index contributed by atoms with van der Waals surface area (Å²) in [5.41, 5.74) is -1.13. The van der Waals surface area contributed by atoms with Crippen LogP contribution >= 0.6 is 0 Å². The van der Waals surface area contributed by atoms with Crippen LogP contribution in [0.3, 0.4) is 0 Å². The maximum atomic E-state index is 13.1. The molecule has 11 nitrogen and oxygen atoms in total. The zero-order valence-corrected chi connectivity index (χ0v) is 20.2. The molecule has 0 bridgehead atoms. The molecule has 1 aliphatic carbocycles. The lowest BCUT2D eigenvalue weighted by Gasteiger charge is -2.34. The van der Waals surface area contributed by atoms with Gasteiger partial charge in [0.05, 0.1) is 29.1 Å². The maximum Gasteiger partial charge on any atom is 0.325 e. The lowest BCUT2D eigenvalue weighted by molar-refractivity contribution is -0.385. The van der Waals surface area contributed by atoms with Crippen molar-refractivity contribution >= 4 is 29.5 Å². The number of benzene rings is 1. The molecule has 1 atom stereocenters. The first kappa shape index (κ1) is 26.1. The largest absolute Gasteiger partial charge is 0.463 e. The molecule has 1 heterocycles. The highest BCUT2D eigenvalue weighted by atomic mass is 16.6. The number of para-hydroxylation sites is 1. The molecule has 2 fully saturated rings. The van der Waals surface area contributed by atoms with Crippen LogP contribution in [-0.2, 0) is 19.1 Å². The van der Waals surface area contributed by atoms with Crippen molar-refractivity contribution in [2.45, 2.75) is 77.0 Å². The minimum Gasteiger partial charge on any atom is -0.463 e. The molecular formula is C24H32N4O7. The molecule has 2 N–H and O–H groups in total. The molecule has 35 heavy (non-hydrogen) atoms. The molecule has 1 aromatic rings. The minimum atomic E-state index is -1.08. The van der Waals surface area contributed by atoms with E-state index in [0.717, 1.165) is 24.2 Å². The molecule has 1 aromatic carbocycles. The molecule has 1 unspecified atom stereocenters. The van der Waals surface area contributed by atoms with Gasteiger partial charge in [-0.2, -0.15) is 0 Å². The van der Waals surface area contributed by atoms with Crippen LogP contribution < -0.4 is 10.6 Å². The molecule has 1 spiro atoms. The number of hydrogen-bond donors (Lipinski definition) is 2. The van der Waals surface area contributed by atoms with E-state index in [1.54, 1.807) is 19.9 Å². The number of nitro groups is 1. The highest BCUT2D eigenvalue weighted by molar-refractivity contribution is 6.09. The number of urea groups is 1. The number of nitro benzene ring substituents is 1. The summed E-state index contributed by atoms with van der Waals surface area (Å²) in [5, 5.41) is 16.9. The summed E-state index contributed by atoms with van der Waals surface area (Å²) in [5.74, 6) is -1.29. The minimum absolute atomic E-state index is 0.123. The van der Waals surface area contributed by atoms with Gasteiger partial charge in [-0.25, -0.2) is 4.79 Å². The monoisotopic (exact) mass is 488 g/mol. The van der Waals surface area contributed by atoms with E-state index in [1.807, 2.05) is 0 Å². The summed E-state index contributed by atoms with van der Waals surface area (Å²) in [6.45, 7) is 4.87. The van der Waals surface area contributed by atoms with Gasteiger partial charge in [-0.15, -0.1) is 0 Å². The molecule has 1 saturated heterocycles. The third kappa shape index (κ3) is 5.95. The topological polar surface area (TPSA) is 148 Å². The Kier molecular flexibility index (Phi) is 8.08. The molecule has 3 rings (SSSR count). The molecule has 11 heteroatoms. The Bertz CT molecular complexity index is 1000. The van der Waals surface area contributed by atoms with Crippen LogP contribution in [0.4, 0.5) is 10.5 Å². The van der Waals surface area contributed by atoms with Crippen molar-refractivity contribution in [3.63, 3.8) is 0 Å². The lowest BCUT2D eigenvalue weighted by atomic mass is 9.75. The van der Waals surface area contributed by atoms with Crippen LogP contribution in [0.1, 0.15) is 70.9 Å². The average Bonchev–Trinajstić information content (AvgIpc) is 3.02. The van der Waals surface area contributed by atoms with E-state index in [9.17, 15) is 29.3 Å². The van der Waals surface area contributed by atoms with Gasteiger partial charge in [-0.1, -0.05) is 31.5 Å². The van der Waals surface area contributed by atoms with Crippen molar-refractivity contribution in [1.82, 2.24) is 15.5 Å². The van der Waals surface area contributed by atoms with Gasteiger partial charge in [-0.05, 0) is 45.4 Å². The predicted molar refractivity (Wildman–Crippen MR) is 125 cm³/mol. The fraction of sp³-hybridized carbons (Fsp3) is 0.583. The number of imide groups is 1. The first-order valence-electron chi connectivity index (χ1n) is 11.9. The number of hydrogen-bond acceptors (Lipinski definition) is 7. The van der Waals surface area contributed by atoms with Crippen LogP contribution in [-0.4, -0.2) is 51.8 Å². The summed E-state index contributed by atoms with van der Waals surface area (Å²) in [4.78, 5) is 62.8. The summed E-state index contributed by atoms with van der Waals surface area (Å²) >= 11 is 0. The Hall–Kier alpha value is -3.50. The summed E-state index contributed by atoms with van der Waals surface area (Å²) in [6.07, 6.45) is 2.94. The second kappa shape index (κ2) is 10.8. The van der Waals surface area contributed by atoms with Crippen molar-refractivity contribution in [3.05, 3.63) is 39.9 Å². The fourth-order valence-electron chi connectivity index (χ4n) is 4.79. The molecule has 4 amide bonds. The van der Waals surface area contributed by atoms with Crippen molar-refractivity contribution in [2.24, 2.45) is 5.92 Å². The third-order valence-electron chi connectivity index (χ3n) is 6.67. The van der Waals surface area contributed by atoms with Crippen LogP contribution in [0.25, 0.3) is 0 Å².